The summed E-state index contributed by atoms with van der Waals surface area (Å²) < 4.78 is 1.09. The zero-order valence-corrected chi connectivity index (χ0v) is 48.8. The average Bonchev–Trinajstić information content (AvgIpc) is 4.05. The molecule has 16 nitrogen and oxygen atoms in total. The van der Waals surface area contributed by atoms with Crippen LogP contribution in [0.2, 0.25) is 10.0 Å². The number of nitrogens with one attached hydrogen (secondary N) is 4. The fourth-order valence-electron chi connectivity index (χ4n) is 10.6. The molecule has 0 aliphatic carbocycles. The lowest BCUT2D eigenvalue weighted by molar-refractivity contribution is -0.133. The van der Waals surface area contributed by atoms with Gasteiger partial charge in [0.1, 0.15) is 0 Å². The molecule has 12 N–H and O–H groups in total. The summed E-state index contributed by atoms with van der Waals surface area (Å²) in [6, 6.07) is 54.8. The van der Waals surface area contributed by atoms with Crippen molar-refractivity contribution < 1.29 is 19.2 Å². The predicted octanol–water partition coefficient (Wildman–Crippen LogP) is 8.24. The lowest BCUT2D eigenvalue weighted by Gasteiger charge is -2.29. The van der Waals surface area contributed by atoms with Crippen molar-refractivity contribution in [3.8, 4) is 0 Å². The smallest absolute Gasteiger partial charge is 0.261 e. The summed E-state index contributed by atoms with van der Waals surface area (Å²) in [6.45, 7) is 3.91. The first-order valence-corrected chi connectivity index (χ1v) is 29.8. The van der Waals surface area contributed by atoms with Crippen molar-refractivity contribution in [2.24, 2.45) is 32.9 Å². The van der Waals surface area contributed by atoms with Crippen LogP contribution in [0.25, 0.3) is 10.1 Å². The molecule has 19 heteroatoms. The quantitative estimate of drug-likeness (QED) is 0.0183. The Kier molecular flexibility index (Phi) is 22.9. The number of aliphatic imine (C=N–C) groups is 2. The van der Waals surface area contributed by atoms with E-state index in [4.69, 9.17) is 46.1 Å². The van der Waals surface area contributed by atoms with E-state index in [1.54, 1.807) is 18.2 Å². The van der Waals surface area contributed by atoms with Gasteiger partial charge in [0.05, 0.1) is 27.5 Å². The van der Waals surface area contributed by atoms with Crippen LogP contribution in [0.1, 0.15) is 92.6 Å². The van der Waals surface area contributed by atoms with Gasteiger partial charge in [-0.25, -0.2) is 0 Å². The Morgan fingerprint density at radius 3 is 1.41 bits per heavy atom. The van der Waals surface area contributed by atoms with Gasteiger partial charge in [0.15, 0.2) is 11.9 Å². The van der Waals surface area contributed by atoms with Crippen molar-refractivity contribution in [1.82, 2.24) is 31.1 Å². The molecule has 4 amide bonds. The molecule has 2 saturated heterocycles. The molecule has 83 heavy (non-hydrogen) atoms. The van der Waals surface area contributed by atoms with Gasteiger partial charge < -0.3 is 54.0 Å². The molecule has 2 aliphatic rings. The zero-order valence-electron chi connectivity index (χ0n) is 46.4. The van der Waals surface area contributed by atoms with E-state index >= 15 is 0 Å². The van der Waals surface area contributed by atoms with E-state index in [1.165, 1.54) is 22.5 Å². The number of amides is 4. The minimum absolute atomic E-state index is 0.0203. The molecule has 7 aromatic rings. The highest BCUT2D eigenvalue weighted by Crippen LogP contribution is 2.30. The molecule has 4 atom stereocenters. The third-order valence-corrected chi connectivity index (χ3v) is 16.6. The van der Waals surface area contributed by atoms with Gasteiger partial charge in [0.2, 0.25) is 11.8 Å². The number of hydrogen-bond donors (Lipinski definition) is 8. The van der Waals surface area contributed by atoms with Crippen molar-refractivity contribution in [2.75, 3.05) is 52.4 Å². The zero-order chi connectivity index (χ0) is 58.5. The minimum atomic E-state index is -0.445. The molecule has 434 valence electrons. The Hall–Kier alpha value is -7.80. The highest BCUT2D eigenvalue weighted by molar-refractivity contribution is 7.20. The molecule has 1 aromatic heterocycles. The van der Waals surface area contributed by atoms with Crippen molar-refractivity contribution >= 4 is 80.2 Å². The van der Waals surface area contributed by atoms with E-state index < -0.39 is 12.1 Å². The number of rotatable bonds is 22. The number of halogens is 2. The highest BCUT2D eigenvalue weighted by atomic mass is 35.5. The summed E-state index contributed by atoms with van der Waals surface area (Å²) in [4.78, 5) is 66.6. The fourth-order valence-corrected chi connectivity index (χ4v) is 12.1. The molecule has 0 radical (unpaired) electrons. The van der Waals surface area contributed by atoms with Crippen LogP contribution < -0.4 is 44.2 Å². The van der Waals surface area contributed by atoms with E-state index in [0.717, 1.165) is 27.6 Å². The standard InChI is InChI=1S/C33H38N6O2S.C31H36Cl2N6O2/c34-33(35)36-18-9-15-28-32(41)39(22-27(23-10-3-1-4-11-23)24-12-5-2-6-13-24)19-17-26(38-28)21-37-31(40)30-20-25-14-7-8-16-29(25)42-30;32-23-13-14-25(27(33)18-23)29(40)37-19-24-15-17-39(30(41)28(38-24)12-7-16-36-31(34)35)20-26(21-8-3-1-4-9-21)22-10-5-2-6-11-22/h1-8,10-14,16,20,26-28,38H,9,15,17-19,21-22H2,(H,37,40)(H4,34,35,36);1-6,8-11,13-14,18,24,26,28,38H,7,12,15-17,19-20H2,(H,37,40)(H4,34,35,36)/t26-,28-;24-,28-/m00/s1. The van der Waals surface area contributed by atoms with Crippen molar-refractivity contribution in [1.29, 1.82) is 0 Å². The molecular formula is C64H74Cl2N12O4S. The first-order chi connectivity index (χ1) is 40.3. The van der Waals surface area contributed by atoms with Gasteiger partial charge in [-0.15, -0.1) is 11.3 Å². The molecule has 0 bridgehead atoms. The maximum Gasteiger partial charge on any atom is 0.261 e. The Morgan fingerprint density at radius 2 is 0.988 bits per heavy atom. The Balaban J connectivity index is 0.000000217. The third-order valence-electron chi connectivity index (χ3n) is 14.9. The molecular weight excluding hydrogens is 1100 g/mol. The lowest BCUT2D eigenvalue weighted by atomic mass is 9.90. The second-order valence-corrected chi connectivity index (χ2v) is 22.7. The SMILES string of the molecule is NC(N)=NCCC[C@@H]1N[C@H](CNC(=O)c2cc3ccccc3s2)CCN(CC(c2ccccc2)c2ccccc2)C1=O.NC(N)=NCCC[C@@H]1N[C@H](CNC(=O)c2ccc(Cl)cc2Cl)CCN(CC(c2ccccc2)c2ccccc2)C1=O. The van der Waals surface area contributed by atoms with E-state index in [1.807, 2.05) is 113 Å². The van der Waals surface area contributed by atoms with Crippen molar-refractivity contribution in [2.45, 2.75) is 74.5 Å². The number of carbonyl (C=O) groups is 4. The predicted molar refractivity (Wildman–Crippen MR) is 336 cm³/mol. The van der Waals surface area contributed by atoms with E-state index in [-0.39, 0.29) is 64.5 Å². The second kappa shape index (κ2) is 31.0. The molecule has 0 spiro atoms. The Morgan fingerprint density at radius 1 is 0.566 bits per heavy atom. The summed E-state index contributed by atoms with van der Waals surface area (Å²) in [7, 11) is 0. The van der Waals surface area contributed by atoms with Gasteiger partial charge in [-0.05, 0) is 96.5 Å². The first-order valence-electron chi connectivity index (χ1n) is 28.2. The van der Waals surface area contributed by atoms with E-state index in [9.17, 15) is 19.2 Å². The van der Waals surface area contributed by atoms with Crippen LogP contribution in [0, 0.1) is 0 Å². The molecule has 3 heterocycles. The largest absolute Gasteiger partial charge is 0.370 e. The molecule has 0 saturated carbocycles. The number of fused-ring (bicyclic) bond motifs is 1. The summed E-state index contributed by atoms with van der Waals surface area (Å²) in [6.07, 6.45) is 3.83. The van der Waals surface area contributed by atoms with Crippen molar-refractivity contribution in [3.63, 3.8) is 0 Å². The second-order valence-electron chi connectivity index (χ2n) is 20.8. The van der Waals surface area contributed by atoms with Crippen LogP contribution in [0.3, 0.4) is 0 Å². The van der Waals surface area contributed by atoms with Crippen LogP contribution in [0.5, 0.6) is 0 Å². The van der Waals surface area contributed by atoms with Gasteiger partial charge in [-0.1, -0.05) is 163 Å². The number of hydrogen-bond acceptors (Lipinski definition) is 9. The molecule has 0 unspecified atom stereocenters. The average molecular weight is 1180 g/mol. The summed E-state index contributed by atoms with van der Waals surface area (Å²) >= 11 is 13.7. The van der Waals surface area contributed by atoms with Crippen LogP contribution in [-0.4, -0.2) is 122 Å². The van der Waals surface area contributed by atoms with Gasteiger partial charge in [-0.3, -0.25) is 29.2 Å². The van der Waals surface area contributed by atoms with Crippen LogP contribution >= 0.6 is 34.5 Å². The monoisotopic (exact) mass is 1180 g/mol. The minimum Gasteiger partial charge on any atom is -0.370 e. The Bertz CT molecular complexity index is 3160. The van der Waals surface area contributed by atoms with Gasteiger partial charge in [0.25, 0.3) is 11.8 Å². The van der Waals surface area contributed by atoms with E-state index in [0.29, 0.717) is 99.9 Å². The molecule has 9 rings (SSSR count). The van der Waals surface area contributed by atoms with Gasteiger partial charge in [0, 0.05) is 86.0 Å². The van der Waals surface area contributed by atoms with Crippen LogP contribution in [0.15, 0.2) is 180 Å². The summed E-state index contributed by atoms with van der Waals surface area (Å²) in [5, 5.41) is 14.9. The topological polar surface area (TPSA) is 252 Å². The maximum atomic E-state index is 14.0. The Labute approximate surface area is 500 Å². The fraction of sp³-hybridized carbons (Fsp3) is 0.312. The number of carbonyl (C=O) groups excluding carboxylic acids is 4. The molecule has 6 aromatic carbocycles. The maximum absolute atomic E-state index is 14.0. The number of nitrogens with zero attached hydrogens (tertiary/aromatic N) is 4. The van der Waals surface area contributed by atoms with Gasteiger partial charge in [-0.2, -0.15) is 0 Å². The molecule has 2 aliphatic heterocycles. The summed E-state index contributed by atoms with van der Waals surface area (Å²) in [5.41, 5.74) is 27.0. The van der Waals surface area contributed by atoms with Crippen LogP contribution in [-0.2, 0) is 9.59 Å². The van der Waals surface area contributed by atoms with Gasteiger partial charge >= 0.3 is 0 Å². The highest BCUT2D eigenvalue weighted by Gasteiger charge is 2.34. The van der Waals surface area contributed by atoms with Crippen molar-refractivity contribution in [3.05, 3.63) is 213 Å². The van der Waals surface area contributed by atoms with Crippen LogP contribution in [0.4, 0.5) is 0 Å². The first kappa shape index (κ1) is 61.3. The number of nitrogens with two attached hydrogens (primary N) is 4. The lowest BCUT2D eigenvalue weighted by Crippen LogP contribution is -2.49. The third kappa shape index (κ3) is 18.1. The number of benzene rings is 6. The number of guanidine groups is 2. The normalized spacial score (nSPS) is 17.3. The van der Waals surface area contributed by atoms with E-state index in [2.05, 4.69) is 79.8 Å². The molecule has 2 fully saturated rings. The number of thiophene rings is 1. The summed E-state index contributed by atoms with van der Waals surface area (Å²) in [5.74, 6) is -0.152.